The predicted octanol–water partition coefficient (Wildman–Crippen LogP) is 3.40. The van der Waals surface area contributed by atoms with Gasteiger partial charge in [0.1, 0.15) is 12.1 Å². The van der Waals surface area contributed by atoms with E-state index in [9.17, 15) is 19.5 Å². The molecular formula is C26H30N2O6. The first-order chi connectivity index (χ1) is 16.4. The van der Waals surface area contributed by atoms with Gasteiger partial charge in [0, 0.05) is 26.6 Å². The molecule has 4 rings (SSSR count). The highest BCUT2D eigenvalue weighted by molar-refractivity contribution is 5.88. The number of carbonyl (C=O) groups is 3. The molecule has 1 unspecified atom stereocenters. The number of carbonyl (C=O) groups excluding carboxylic acids is 2. The summed E-state index contributed by atoms with van der Waals surface area (Å²) in [5.74, 6) is -1.36. The Kier molecular flexibility index (Phi) is 6.88. The van der Waals surface area contributed by atoms with Crippen LogP contribution in [0.2, 0.25) is 0 Å². The minimum absolute atomic E-state index is 0.0360. The number of likely N-dealkylation sites (N-methyl/N-ethyl adjacent to an activating group) is 1. The summed E-state index contributed by atoms with van der Waals surface area (Å²) in [6.07, 6.45) is 0.444. The van der Waals surface area contributed by atoms with Gasteiger partial charge in [-0.2, -0.15) is 0 Å². The standard InChI is InChI=1S/C26H30N2O6/c1-28(26(24(30)31)12-7-13-26)23(29)14-17(33-2)15-27-25(32)34-16-22-20-10-5-3-8-18(20)19-9-4-6-11-21(19)22/h3-6,8-11,17,22H,7,12-16H2,1-2H3,(H,27,32)(H,30,31). The van der Waals surface area contributed by atoms with Crippen LogP contribution in [0.5, 0.6) is 0 Å². The van der Waals surface area contributed by atoms with Crippen molar-refractivity contribution in [1.82, 2.24) is 10.2 Å². The number of hydrogen-bond donors (Lipinski definition) is 2. The fraction of sp³-hybridized carbons (Fsp3) is 0.423. The molecule has 2 N–H and O–H groups in total. The Labute approximate surface area is 198 Å². The Morgan fingerprint density at radius 1 is 1.09 bits per heavy atom. The molecule has 0 spiro atoms. The fourth-order valence-corrected chi connectivity index (χ4v) is 4.86. The van der Waals surface area contributed by atoms with Crippen molar-refractivity contribution in [3.63, 3.8) is 0 Å². The number of nitrogens with zero attached hydrogens (tertiary/aromatic N) is 1. The second-order valence-corrected chi connectivity index (χ2v) is 8.91. The summed E-state index contributed by atoms with van der Waals surface area (Å²) < 4.78 is 10.9. The van der Waals surface area contributed by atoms with Crippen molar-refractivity contribution in [2.75, 3.05) is 27.3 Å². The molecule has 0 bridgehead atoms. The van der Waals surface area contributed by atoms with Crippen LogP contribution in [-0.2, 0) is 19.1 Å². The van der Waals surface area contributed by atoms with Gasteiger partial charge in [-0.1, -0.05) is 48.5 Å². The summed E-state index contributed by atoms with van der Waals surface area (Å²) in [5.41, 5.74) is 3.43. The average molecular weight is 467 g/mol. The van der Waals surface area contributed by atoms with Crippen LogP contribution in [0.4, 0.5) is 4.79 Å². The summed E-state index contributed by atoms with van der Waals surface area (Å²) in [4.78, 5) is 38.0. The van der Waals surface area contributed by atoms with Gasteiger partial charge in [0.15, 0.2) is 0 Å². The number of nitrogens with one attached hydrogen (secondary N) is 1. The molecule has 180 valence electrons. The third-order valence-corrected chi connectivity index (χ3v) is 7.15. The van der Waals surface area contributed by atoms with Crippen LogP contribution in [0.25, 0.3) is 11.1 Å². The maximum absolute atomic E-state index is 12.7. The van der Waals surface area contributed by atoms with Gasteiger partial charge >= 0.3 is 12.1 Å². The lowest BCUT2D eigenvalue weighted by atomic mass is 9.75. The highest BCUT2D eigenvalue weighted by Gasteiger charge is 2.49. The lowest BCUT2D eigenvalue weighted by Crippen LogP contribution is -2.60. The van der Waals surface area contributed by atoms with E-state index in [4.69, 9.17) is 9.47 Å². The number of benzene rings is 2. The van der Waals surface area contributed by atoms with Crippen molar-refractivity contribution < 1.29 is 29.0 Å². The SMILES string of the molecule is COC(CNC(=O)OCC1c2ccccc2-c2ccccc21)CC(=O)N(C)C1(C(=O)O)CCC1. The molecule has 1 saturated carbocycles. The van der Waals surface area contributed by atoms with E-state index in [0.717, 1.165) is 28.7 Å². The minimum atomic E-state index is -1.13. The van der Waals surface area contributed by atoms with E-state index < -0.39 is 23.7 Å². The average Bonchev–Trinajstić information content (AvgIpc) is 3.13. The highest BCUT2D eigenvalue weighted by atomic mass is 16.5. The third kappa shape index (κ3) is 4.37. The van der Waals surface area contributed by atoms with Crippen LogP contribution in [0.3, 0.4) is 0 Å². The molecule has 0 saturated heterocycles. The number of fused-ring (bicyclic) bond motifs is 3. The van der Waals surface area contributed by atoms with E-state index in [0.29, 0.717) is 12.8 Å². The van der Waals surface area contributed by atoms with Gasteiger partial charge in [0.2, 0.25) is 5.91 Å². The largest absolute Gasteiger partial charge is 0.479 e. The number of rotatable bonds is 9. The molecule has 2 aromatic carbocycles. The van der Waals surface area contributed by atoms with Crippen molar-refractivity contribution in [2.24, 2.45) is 0 Å². The molecule has 0 radical (unpaired) electrons. The van der Waals surface area contributed by atoms with Crippen molar-refractivity contribution in [1.29, 1.82) is 0 Å². The first-order valence-corrected chi connectivity index (χ1v) is 11.5. The van der Waals surface area contributed by atoms with Crippen molar-refractivity contribution in [3.05, 3.63) is 59.7 Å². The number of alkyl carbamates (subject to hydrolysis) is 1. The molecular weight excluding hydrogens is 436 g/mol. The molecule has 0 aromatic heterocycles. The molecule has 0 heterocycles. The number of carboxylic acid groups (broad SMARTS) is 1. The number of hydrogen-bond acceptors (Lipinski definition) is 5. The summed E-state index contributed by atoms with van der Waals surface area (Å²) >= 11 is 0. The Morgan fingerprint density at radius 2 is 1.68 bits per heavy atom. The van der Waals surface area contributed by atoms with E-state index >= 15 is 0 Å². The molecule has 0 aliphatic heterocycles. The minimum Gasteiger partial charge on any atom is -0.479 e. The third-order valence-electron chi connectivity index (χ3n) is 7.15. The lowest BCUT2D eigenvalue weighted by Gasteiger charge is -2.45. The van der Waals surface area contributed by atoms with Crippen LogP contribution in [-0.4, -0.2) is 66.9 Å². The zero-order valence-corrected chi connectivity index (χ0v) is 19.5. The van der Waals surface area contributed by atoms with E-state index in [1.165, 1.54) is 19.1 Å². The normalized spacial score (nSPS) is 16.5. The molecule has 34 heavy (non-hydrogen) atoms. The highest BCUT2D eigenvalue weighted by Crippen LogP contribution is 2.44. The van der Waals surface area contributed by atoms with Gasteiger partial charge in [-0.05, 0) is 41.5 Å². The van der Waals surface area contributed by atoms with E-state index in [1.807, 2.05) is 24.3 Å². The summed E-state index contributed by atoms with van der Waals surface area (Å²) in [5, 5.41) is 12.2. The number of methoxy groups -OCH3 is 1. The Bertz CT molecular complexity index is 1030. The number of aliphatic carboxylic acids is 1. The van der Waals surface area contributed by atoms with E-state index in [2.05, 4.69) is 29.6 Å². The zero-order chi connectivity index (χ0) is 24.3. The molecule has 2 aliphatic rings. The first-order valence-electron chi connectivity index (χ1n) is 11.5. The maximum Gasteiger partial charge on any atom is 0.407 e. The summed E-state index contributed by atoms with van der Waals surface area (Å²) in [6.45, 7) is 0.271. The zero-order valence-electron chi connectivity index (χ0n) is 19.5. The Balaban J connectivity index is 1.30. The van der Waals surface area contributed by atoms with Gasteiger partial charge in [-0.15, -0.1) is 0 Å². The van der Waals surface area contributed by atoms with Gasteiger partial charge < -0.3 is 24.8 Å². The number of carboxylic acids is 1. The molecule has 1 fully saturated rings. The van der Waals surface area contributed by atoms with Gasteiger partial charge in [0.05, 0.1) is 12.5 Å². The molecule has 1 atom stereocenters. The molecule has 8 nitrogen and oxygen atoms in total. The molecule has 2 aromatic rings. The van der Waals surface area contributed by atoms with Crippen molar-refractivity contribution >= 4 is 18.0 Å². The Morgan fingerprint density at radius 3 is 2.18 bits per heavy atom. The number of amides is 2. The molecule has 2 aliphatic carbocycles. The fourth-order valence-electron chi connectivity index (χ4n) is 4.86. The lowest BCUT2D eigenvalue weighted by molar-refractivity contribution is -0.165. The number of ether oxygens (including phenoxy) is 2. The first kappa shape index (κ1) is 23.8. The van der Waals surface area contributed by atoms with Crippen LogP contribution in [0.15, 0.2) is 48.5 Å². The Hall–Kier alpha value is -3.39. The summed E-state index contributed by atoms with van der Waals surface area (Å²) in [6, 6.07) is 16.2. The second kappa shape index (κ2) is 9.85. The van der Waals surface area contributed by atoms with Crippen molar-refractivity contribution in [3.8, 4) is 11.1 Å². The topological polar surface area (TPSA) is 105 Å². The van der Waals surface area contributed by atoms with Crippen molar-refractivity contribution in [2.45, 2.75) is 43.2 Å². The second-order valence-electron chi connectivity index (χ2n) is 8.91. The summed E-state index contributed by atoms with van der Waals surface area (Å²) in [7, 11) is 2.97. The van der Waals surface area contributed by atoms with Crippen LogP contribution >= 0.6 is 0 Å². The monoisotopic (exact) mass is 466 g/mol. The van der Waals surface area contributed by atoms with Gasteiger partial charge in [-0.3, -0.25) is 4.79 Å². The molecule has 2 amide bonds. The predicted molar refractivity (Wildman–Crippen MR) is 125 cm³/mol. The van der Waals surface area contributed by atoms with E-state index in [1.54, 1.807) is 0 Å². The maximum atomic E-state index is 12.7. The van der Waals surface area contributed by atoms with Crippen LogP contribution < -0.4 is 5.32 Å². The van der Waals surface area contributed by atoms with Gasteiger partial charge in [-0.25, -0.2) is 9.59 Å². The van der Waals surface area contributed by atoms with Gasteiger partial charge in [0.25, 0.3) is 0 Å². The van der Waals surface area contributed by atoms with Crippen LogP contribution in [0.1, 0.15) is 42.7 Å². The van der Waals surface area contributed by atoms with Crippen LogP contribution in [0, 0.1) is 0 Å². The molecule has 8 heteroatoms. The smallest absolute Gasteiger partial charge is 0.407 e. The van der Waals surface area contributed by atoms with E-state index in [-0.39, 0.29) is 31.4 Å². The quantitative estimate of drug-likeness (QED) is 0.587.